The fraction of sp³-hybridized carbons (Fsp3) is 0.686. The topological polar surface area (TPSA) is 212 Å². The van der Waals surface area contributed by atoms with E-state index in [0.717, 1.165) is 18.4 Å². The van der Waals surface area contributed by atoms with Crippen molar-refractivity contribution in [2.75, 3.05) is 41.4 Å². The normalized spacial score (nSPS) is 19.9. The van der Waals surface area contributed by atoms with Gasteiger partial charge in [0.05, 0.1) is 36.6 Å². The second-order valence-electron chi connectivity index (χ2n) is 20.1. The van der Waals surface area contributed by atoms with E-state index in [1.807, 2.05) is 59.7 Å². The summed E-state index contributed by atoms with van der Waals surface area (Å²) in [5.74, 6) is -5.18. The zero-order chi connectivity index (χ0) is 50.6. The number of benzene rings is 1. The summed E-state index contributed by atoms with van der Waals surface area (Å²) in [5.41, 5.74) is 0.672. The Bertz CT molecular complexity index is 1950. The number of aliphatic carboxylic acids is 1. The van der Waals surface area contributed by atoms with Gasteiger partial charge in [-0.25, -0.2) is 4.79 Å². The third-order valence-electron chi connectivity index (χ3n) is 14.5. The van der Waals surface area contributed by atoms with Crippen LogP contribution in [0.1, 0.15) is 112 Å². The van der Waals surface area contributed by atoms with Crippen molar-refractivity contribution < 1.29 is 52.9 Å². The summed E-state index contributed by atoms with van der Waals surface area (Å²) >= 11 is 0. The summed E-state index contributed by atoms with van der Waals surface area (Å²) < 4.78 is 12.1. The fourth-order valence-corrected chi connectivity index (χ4v) is 10.0. The first kappa shape index (κ1) is 55.4. The molecule has 1 aliphatic carbocycles. The van der Waals surface area contributed by atoms with E-state index in [9.17, 15) is 43.5 Å². The van der Waals surface area contributed by atoms with Crippen LogP contribution < -0.4 is 10.6 Å². The Kier molecular flexibility index (Phi) is 20.3. The minimum atomic E-state index is -1.16. The van der Waals surface area contributed by atoms with Crippen molar-refractivity contribution in [3.8, 4) is 0 Å². The molecular weight excluding hydrogens is 873 g/mol. The van der Waals surface area contributed by atoms with Crippen LogP contribution in [0.25, 0.3) is 0 Å². The maximum absolute atomic E-state index is 14.7. The van der Waals surface area contributed by atoms with Crippen molar-refractivity contribution in [3.05, 3.63) is 48.0 Å². The number of likely N-dealkylation sites (tertiary alicyclic amines) is 1. The van der Waals surface area contributed by atoms with Crippen molar-refractivity contribution in [2.24, 2.45) is 29.1 Å². The highest BCUT2D eigenvalue weighted by molar-refractivity contribution is 6.12. The standard InChI is InChI=1S/C51H78N6O11/c1-12-33(6)45(55(9)49(64)43(31(2)3)53-48(63)44(32(4)5)54(8)39(58)21-17-14-18-26-56-40(59)22-23-41(56)60)38(67-10)28-42(61)57-30-51(24-25-51)29-37(57)46(68-11)34(7)47(62)52-36(50(65)66)27-35-19-15-13-16-20-35/h13,15-16,19-20,22-23,31-34,36-38,43-46H,12,14,17-18,21,24-30H2,1-11H3,(H,52,62)(H,53,63)(H,65,66)/t33-,34+,36-,37-,38+,43?,44-,45-,46+/m0/s1. The van der Waals surface area contributed by atoms with Crippen LogP contribution in [-0.4, -0.2) is 156 Å². The molecule has 1 saturated heterocycles. The minimum absolute atomic E-state index is 0.0718. The molecule has 0 aromatic heterocycles. The van der Waals surface area contributed by atoms with Crippen molar-refractivity contribution in [2.45, 2.75) is 155 Å². The van der Waals surface area contributed by atoms with Crippen molar-refractivity contribution >= 4 is 47.3 Å². The number of nitrogens with one attached hydrogen (secondary N) is 2. The molecule has 17 heteroatoms. The van der Waals surface area contributed by atoms with Crippen molar-refractivity contribution in [3.63, 3.8) is 0 Å². The van der Waals surface area contributed by atoms with Gasteiger partial charge in [-0.2, -0.15) is 0 Å². The molecule has 1 unspecified atom stereocenters. The Morgan fingerprint density at radius 3 is 2.00 bits per heavy atom. The zero-order valence-corrected chi connectivity index (χ0v) is 42.2. The molecule has 2 heterocycles. The average Bonchev–Trinajstić information content (AvgIpc) is 3.85. The molecule has 68 heavy (non-hydrogen) atoms. The van der Waals surface area contributed by atoms with E-state index >= 15 is 0 Å². The number of methoxy groups -OCH3 is 2. The second-order valence-corrected chi connectivity index (χ2v) is 20.1. The van der Waals surface area contributed by atoms with E-state index in [-0.39, 0.29) is 78.5 Å². The number of carbonyl (C=O) groups excluding carboxylic acids is 7. The number of carbonyl (C=O) groups is 8. The number of unbranched alkanes of at least 4 members (excludes halogenated alkanes) is 2. The van der Waals surface area contributed by atoms with Crippen LogP contribution in [0.5, 0.6) is 0 Å². The number of nitrogens with zero attached hydrogens (tertiary/aromatic N) is 4. The minimum Gasteiger partial charge on any atom is -0.480 e. The lowest BCUT2D eigenvalue weighted by Gasteiger charge is -2.41. The molecule has 9 atom stereocenters. The number of hydrogen-bond donors (Lipinski definition) is 3. The van der Waals surface area contributed by atoms with Gasteiger partial charge in [0, 0.05) is 66.4 Å². The predicted octanol–water partition coefficient (Wildman–Crippen LogP) is 4.22. The lowest BCUT2D eigenvalue weighted by Crippen LogP contribution is -2.60. The fourth-order valence-electron chi connectivity index (χ4n) is 10.0. The number of hydrogen-bond acceptors (Lipinski definition) is 10. The molecule has 1 spiro atoms. The lowest BCUT2D eigenvalue weighted by molar-refractivity contribution is -0.149. The Labute approximate surface area is 403 Å². The highest BCUT2D eigenvalue weighted by Crippen LogP contribution is 2.56. The molecule has 0 bridgehead atoms. The van der Waals surface area contributed by atoms with Crippen LogP contribution in [0.15, 0.2) is 42.5 Å². The maximum Gasteiger partial charge on any atom is 0.326 e. The lowest BCUT2D eigenvalue weighted by atomic mass is 9.89. The smallest absolute Gasteiger partial charge is 0.326 e. The number of carboxylic acid groups (broad SMARTS) is 1. The molecule has 2 fully saturated rings. The Hall–Kier alpha value is -5.16. The Morgan fingerprint density at radius 1 is 0.838 bits per heavy atom. The van der Waals surface area contributed by atoms with Gasteiger partial charge in [-0.05, 0) is 60.8 Å². The third-order valence-corrected chi connectivity index (χ3v) is 14.5. The number of rotatable bonds is 27. The third kappa shape index (κ3) is 14.0. The van der Waals surface area contributed by atoms with E-state index in [1.165, 1.54) is 36.2 Å². The maximum atomic E-state index is 14.7. The molecule has 4 rings (SSSR count). The molecule has 7 amide bonds. The number of ether oxygens (including phenoxy) is 2. The van der Waals surface area contributed by atoms with E-state index in [2.05, 4.69) is 10.6 Å². The monoisotopic (exact) mass is 951 g/mol. The van der Waals surface area contributed by atoms with Crippen LogP contribution in [0, 0.1) is 29.1 Å². The average molecular weight is 951 g/mol. The van der Waals surface area contributed by atoms with Gasteiger partial charge in [-0.15, -0.1) is 0 Å². The quantitative estimate of drug-likeness (QED) is 0.0840. The van der Waals surface area contributed by atoms with Gasteiger partial charge in [0.2, 0.25) is 29.5 Å². The van der Waals surface area contributed by atoms with Crippen LogP contribution in [-0.2, 0) is 54.3 Å². The van der Waals surface area contributed by atoms with E-state index in [1.54, 1.807) is 43.0 Å². The molecular formula is C51H78N6O11. The summed E-state index contributed by atoms with van der Waals surface area (Å²) in [6, 6.07) is 5.01. The first-order valence-corrected chi connectivity index (χ1v) is 24.4. The molecule has 3 N–H and O–H groups in total. The molecule has 17 nitrogen and oxygen atoms in total. The van der Waals surface area contributed by atoms with Gasteiger partial charge in [0.1, 0.15) is 18.1 Å². The van der Waals surface area contributed by atoms with E-state index in [0.29, 0.717) is 38.6 Å². The summed E-state index contributed by atoms with van der Waals surface area (Å²) in [5, 5.41) is 15.7. The molecule has 0 radical (unpaired) electrons. The predicted molar refractivity (Wildman–Crippen MR) is 255 cm³/mol. The highest BCUT2D eigenvalue weighted by atomic mass is 16.5. The number of carboxylic acids is 1. The van der Waals surface area contributed by atoms with Gasteiger partial charge < -0.3 is 39.9 Å². The summed E-state index contributed by atoms with van der Waals surface area (Å²) in [4.78, 5) is 113. The van der Waals surface area contributed by atoms with Crippen LogP contribution in [0.3, 0.4) is 0 Å². The summed E-state index contributed by atoms with van der Waals surface area (Å²) in [7, 11) is 6.27. The van der Waals surface area contributed by atoms with Gasteiger partial charge in [0.15, 0.2) is 0 Å². The number of imide groups is 1. The second kappa shape index (κ2) is 24.9. The first-order chi connectivity index (χ1) is 32.1. The Morgan fingerprint density at radius 2 is 1.47 bits per heavy atom. The van der Waals surface area contributed by atoms with Crippen LogP contribution in [0.2, 0.25) is 0 Å². The number of likely N-dealkylation sites (N-methyl/N-ethyl adjacent to an activating group) is 2. The van der Waals surface area contributed by atoms with Crippen LogP contribution >= 0.6 is 0 Å². The molecule has 3 aliphatic rings. The highest BCUT2D eigenvalue weighted by Gasteiger charge is 2.56. The summed E-state index contributed by atoms with van der Waals surface area (Å²) in [6.45, 7) is 13.8. The number of amides is 7. The Balaban J connectivity index is 1.45. The van der Waals surface area contributed by atoms with Gasteiger partial charge in [0.25, 0.3) is 11.8 Å². The summed E-state index contributed by atoms with van der Waals surface area (Å²) in [6.07, 6.45) is 6.00. The van der Waals surface area contributed by atoms with Gasteiger partial charge in [-0.3, -0.25) is 38.5 Å². The molecule has 378 valence electrons. The largest absolute Gasteiger partial charge is 0.480 e. The van der Waals surface area contributed by atoms with Crippen LogP contribution in [0.4, 0.5) is 0 Å². The van der Waals surface area contributed by atoms with Crippen molar-refractivity contribution in [1.82, 2.24) is 30.2 Å². The van der Waals surface area contributed by atoms with Gasteiger partial charge >= 0.3 is 5.97 Å². The molecule has 1 saturated carbocycles. The van der Waals surface area contributed by atoms with E-state index < -0.39 is 66.1 Å². The van der Waals surface area contributed by atoms with Gasteiger partial charge in [-0.1, -0.05) is 91.6 Å². The molecule has 1 aromatic carbocycles. The molecule has 1 aromatic rings. The van der Waals surface area contributed by atoms with E-state index in [4.69, 9.17) is 9.47 Å². The van der Waals surface area contributed by atoms with Crippen molar-refractivity contribution in [1.29, 1.82) is 0 Å². The zero-order valence-electron chi connectivity index (χ0n) is 42.2. The first-order valence-electron chi connectivity index (χ1n) is 24.4. The molecule has 2 aliphatic heterocycles. The SMILES string of the molecule is CC[C@H](C)[C@@H]([C@@H](CC(=O)N1CC2(CC2)C[C@H]1[C@H](OC)[C@@H](C)C(=O)N[C@@H](Cc1ccccc1)C(=O)O)OC)N(C)C(=O)C(NC(=O)[C@H](C(C)C)N(C)C(=O)CCCCCN1C(=O)C=CC1=O)C(C)C.